The van der Waals surface area contributed by atoms with Gasteiger partial charge in [-0.05, 0) is 48.9 Å². The van der Waals surface area contributed by atoms with E-state index in [9.17, 15) is 4.79 Å². The Balaban J connectivity index is 1.82. The van der Waals surface area contributed by atoms with Crippen LogP contribution in [0.25, 0.3) is 16.8 Å². The molecule has 3 aromatic carbocycles. The van der Waals surface area contributed by atoms with E-state index in [0.29, 0.717) is 20.7 Å². The highest BCUT2D eigenvalue weighted by molar-refractivity contribution is 8.27. The lowest BCUT2D eigenvalue weighted by atomic mass is 10.0. The predicted octanol–water partition coefficient (Wildman–Crippen LogP) is 6.04. The van der Waals surface area contributed by atoms with Gasteiger partial charge < -0.3 is 9.47 Å². The lowest BCUT2D eigenvalue weighted by Crippen LogP contribution is -2.27. The zero-order valence-corrected chi connectivity index (χ0v) is 18.5. The Morgan fingerprint density at radius 1 is 1.00 bits per heavy atom. The number of rotatable bonds is 5. The van der Waals surface area contributed by atoms with Gasteiger partial charge in [0.2, 0.25) is 0 Å². The summed E-state index contributed by atoms with van der Waals surface area (Å²) in [7, 11) is 1.58. The highest BCUT2D eigenvalue weighted by Gasteiger charge is 2.35. The van der Waals surface area contributed by atoms with Gasteiger partial charge >= 0.3 is 0 Å². The molecule has 0 saturated carbocycles. The van der Waals surface area contributed by atoms with Gasteiger partial charge in [-0.15, -0.1) is 0 Å². The second kappa shape index (κ2) is 8.50. The average molecular weight is 436 g/mol. The Morgan fingerprint density at radius 3 is 2.50 bits per heavy atom. The van der Waals surface area contributed by atoms with Gasteiger partial charge in [0.1, 0.15) is 11.5 Å². The SMILES string of the molecule is COc1ccccc1N1C(=O)/C(=C\c2c(OC(C)C)ccc3ccccc23)SC1=S. The summed E-state index contributed by atoms with van der Waals surface area (Å²) < 4.78 is 11.9. The van der Waals surface area contributed by atoms with Crippen LogP contribution in [0, 0.1) is 0 Å². The molecule has 0 atom stereocenters. The van der Waals surface area contributed by atoms with Crippen LogP contribution in [0.15, 0.2) is 65.6 Å². The van der Waals surface area contributed by atoms with Gasteiger partial charge in [-0.25, -0.2) is 0 Å². The van der Waals surface area contributed by atoms with E-state index >= 15 is 0 Å². The molecule has 1 heterocycles. The number of thiocarbonyl (C=S) groups is 1. The summed E-state index contributed by atoms with van der Waals surface area (Å²) in [5.41, 5.74) is 1.52. The van der Waals surface area contributed by atoms with Crippen molar-refractivity contribution in [2.45, 2.75) is 20.0 Å². The largest absolute Gasteiger partial charge is 0.495 e. The van der Waals surface area contributed by atoms with Crippen molar-refractivity contribution in [2.75, 3.05) is 12.0 Å². The summed E-state index contributed by atoms with van der Waals surface area (Å²) >= 11 is 6.82. The van der Waals surface area contributed by atoms with E-state index in [1.165, 1.54) is 16.7 Å². The van der Waals surface area contributed by atoms with Crippen LogP contribution in [0.4, 0.5) is 5.69 Å². The zero-order chi connectivity index (χ0) is 21.3. The van der Waals surface area contributed by atoms with E-state index in [-0.39, 0.29) is 12.0 Å². The number of benzene rings is 3. The first-order chi connectivity index (χ1) is 14.5. The molecule has 0 aromatic heterocycles. The maximum absolute atomic E-state index is 13.3. The summed E-state index contributed by atoms with van der Waals surface area (Å²) in [6.07, 6.45) is 1.90. The second-order valence-electron chi connectivity index (χ2n) is 7.05. The Bertz CT molecular complexity index is 1170. The van der Waals surface area contributed by atoms with Crippen LogP contribution in [-0.2, 0) is 4.79 Å². The van der Waals surface area contributed by atoms with E-state index in [0.717, 1.165) is 22.1 Å². The number of carbonyl (C=O) groups is 1. The molecule has 1 aliphatic rings. The summed E-state index contributed by atoms with van der Waals surface area (Å²) in [5, 5.41) is 2.11. The first kappa shape index (κ1) is 20.4. The van der Waals surface area contributed by atoms with Crippen LogP contribution in [-0.4, -0.2) is 23.4 Å². The van der Waals surface area contributed by atoms with E-state index in [2.05, 4.69) is 0 Å². The van der Waals surface area contributed by atoms with Crippen molar-refractivity contribution in [1.82, 2.24) is 0 Å². The van der Waals surface area contributed by atoms with Gasteiger partial charge in [-0.3, -0.25) is 9.69 Å². The highest BCUT2D eigenvalue weighted by Crippen LogP contribution is 2.41. The monoisotopic (exact) mass is 435 g/mol. The van der Waals surface area contributed by atoms with E-state index < -0.39 is 0 Å². The van der Waals surface area contributed by atoms with Crippen LogP contribution >= 0.6 is 24.0 Å². The molecule has 6 heteroatoms. The quantitative estimate of drug-likeness (QED) is 0.361. The first-order valence-corrected chi connectivity index (χ1v) is 10.8. The normalized spacial score (nSPS) is 15.5. The van der Waals surface area contributed by atoms with Crippen molar-refractivity contribution in [3.63, 3.8) is 0 Å². The maximum Gasteiger partial charge on any atom is 0.270 e. The minimum atomic E-state index is -0.169. The Hall–Kier alpha value is -2.83. The summed E-state index contributed by atoms with van der Waals surface area (Å²) in [5.74, 6) is 1.17. The van der Waals surface area contributed by atoms with Gasteiger partial charge in [-0.1, -0.05) is 66.4 Å². The predicted molar refractivity (Wildman–Crippen MR) is 128 cm³/mol. The molecule has 1 saturated heterocycles. The van der Waals surface area contributed by atoms with Gasteiger partial charge in [0.25, 0.3) is 5.91 Å². The third-order valence-electron chi connectivity index (χ3n) is 4.69. The number of carbonyl (C=O) groups excluding carboxylic acids is 1. The van der Waals surface area contributed by atoms with E-state index in [4.69, 9.17) is 21.7 Å². The number of fused-ring (bicyclic) bond motifs is 1. The number of hydrogen-bond donors (Lipinski definition) is 0. The van der Waals surface area contributed by atoms with Crippen molar-refractivity contribution in [1.29, 1.82) is 0 Å². The van der Waals surface area contributed by atoms with Gasteiger partial charge in [0, 0.05) is 5.56 Å². The molecule has 0 bridgehead atoms. The molecule has 4 rings (SSSR count). The number of ether oxygens (including phenoxy) is 2. The minimum Gasteiger partial charge on any atom is -0.495 e. The van der Waals surface area contributed by atoms with Crippen molar-refractivity contribution >= 4 is 56.7 Å². The van der Waals surface area contributed by atoms with Crippen LogP contribution in [0.5, 0.6) is 11.5 Å². The fourth-order valence-corrected chi connectivity index (χ4v) is 4.67. The molecule has 0 aliphatic carbocycles. The van der Waals surface area contributed by atoms with Gasteiger partial charge in [0.05, 0.1) is 23.8 Å². The molecule has 1 aliphatic heterocycles. The third kappa shape index (κ3) is 3.80. The third-order valence-corrected chi connectivity index (χ3v) is 5.99. The summed E-state index contributed by atoms with van der Waals surface area (Å²) in [6.45, 7) is 3.97. The molecule has 4 nitrogen and oxygen atoms in total. The molecule has 0 radical (unpaired) electrons. The van der Waals surface area contributed by atoms with Crippen molar-refractivity contribution in [2.24, 2.45) is 0 Å². The van der Waals surface area contributed by atoms with Crippen molar-refractivity contribution in [3.05, 3.63) is 71.1 Å². The van der Waals surface area contributed by atoms with Crippen LogP contribution in [0.2, 0.25) is 0 Å². The molecule has 30 heavy (non-hydrogen) atoms. The Morgan fingerprint density at radius 2 is 1.73 bits per heavy atom. The average Bonchev–Trinajstić information content (AvgIpc) is 3.02. The molecule has 0 spiro atoms. The molecule has 1 amide bonds. The fraction of sp³-hybridized carbons (Fsp3) is 0.167. The standard InChI is InChI=1S/C24H21NO3S2/c1-15(2)28-20-13-12-16-8-4-5-9-17(16)18(20)14-22-23(26)25(24(29)30-22)19-10-6-7-11-21(19)27-3/h4-15H,1-3H3/b22-14+. The number of para-hydroxylation sites is 2. The Labute approximate surface area is 185 Å². The zero-order valence-electron chi connectivity index (χ0n) is 16.9. The molecular formula is C24H21NO3S2. The smallest absolute Gasteiger partial charge is 0.270 e. The minimum absolute atomic E-state index is 0.0152. The lowest BCUT2D eigenvalue weighted by Gasteiger charge is -2.17. The van der Waals surface area contributed by atoms with Crippen LogP contribution < -0.4 is 14.4 Å². The maximum atomic E-state index is 13.3. The molecule has 3 aromatic rings. The summed E-state index contributed by atoms with van der Waals surface area (Å²) in [6, 6.07) is 19.4. The molecule has 1 fully saturated rings. The highest BCUT2D eigenvalue weighted by atomic mass is 32.2. The molecule has 0 unspecified atom stereocenters. The van der Waals surface area contributed by atoms with E-state index in [1.54, 1.807) is 7.11 Å². The lowest BCUT2D eigenvalue weighted by molar-refractivity contribution is -0.113. The number of anilines is 1. The summed E-state index contributed by atoms with van der Waals surface area (Å²) in [4.78, 5) is 15.4. The number of methoxy groups -OCH3 is 1. The Kier molecular flexibility index (Phi) is 5.79. The van der Waals surface area contributed by atoms with Crippen LogP contribution in [0.3, 0.4) is 0 Å². The molecule has 0 N–H and O–H groups in total. The number of nitrogens with zero attached hydrogens (tertiary/aromatic N) is 1. The molecule has 152 valence electrons. The van der Waals surface area contributed by atoms with E-state index in [1.807, 2.05) is 80.6 Å². The van der Waals surface area contributed by atoms with Crippen LogP contribution in [0.1, 0.15) is 19.4 Å². The van der Waals surface area contributed by atoms with Crippen molar-refractivity contribution in [3.8, 4) is 11.5 Å². The van der Waals surface area contributed by atoms with Gasteiger partial charge in [0.15, 0.2) is 4.32 Å². The number of amides is 1. The fourth-order valence-electron chi connectivity index (χ4n) is 3.40. The molecular weight excluding hydrogens is 414 g/mol. The second-order valence-corrected chi connectivity index (χ2v) is 8.73. The van der Waals surface area contributed by atoms with Gasteiger partial charge in [-0.2, -0.15) is 0 Å². The number of thioether (sulfide) groups is 1. The van der Waals surface area contributed by atoms with Crippen molar-refractivity contribution < 1.29 is 14.3 Å². The first-order valence-electron chi connectivity index (χ1n) is 9.59. The number of hydrogen-bond acceptors (Lipinski definition) is 5. The topological polar surface area (TPSA) is 38.8 Å².